The molecule has 180 valence electrons. The number of carbonyl (C=O) groups is 2. The molecule has 3 fully saturated rings. The minimum Gasteiger partial charge on any atom is -0.472 e. The van der Waals surface area contributed by atoms with Crippen molar-refractivity contribution in [3.8, 4) is 0 Å². The smallest absolute Gasteiger partial charge is 0.303 e. The summed E-state index contributed by atoms with van der Waals surface area (Å²) < 4.78 is 11.4. The number of rotatable bonds is 2. The van der Waals surface area contributed by atoms with Crippen LogP contribution in [0.5, 0.6) is 0 Å². The minimum absolute atomic E-state index is 0.0869. The van der Waals surface area contributed by atoms with E-state index in [9.17, 15) is 14.7 Å². The molecule has 1 N–H and O–H groups in total. The maximum Gasteiger partial charge on any atom is 0.303 e. The predicted octanol–water partition coefficient (Wildman–Crippen LogP) is 5.43. The largest absolute Gasteiger partial charge is 0.472 e. The average Bonchev–Trinajstić information content (AvgIpc) is 3.36. The van der Waals surface area contributed by atoms with Gasteiger partial charge < -0.3 is 14.3 Å². The van der Waals surface area contributed by atoms with Crippen molar-refractivity contribution in [1.82, 2.24) is 0 Å². The summed E-state index contributed by atoms with van der Waals surface area (Å²) in [5.74, 6) is 0.117. The fourth-order valence-corrected chi connectivity index (χ4v) is 9.30. The number of ether oxygens (including phenoxy) is 1. The summed E-state index contributed by atoms with van der Waals surface area (Å²) in [5.41, 5.74) is 1.08. The van der Waals surface area contributed by atoms with Crippen molar-refractivity contribution in [3.63, 3.8) is 0 Å². The van der Waals surface area contributed by atoms with E-state index in [1.165, 1.54) is 18.1 Å². The van der Waals surface area contributed by atoms with Gasteiger partial charge >= 0.3 is 5.97 Å². The lowest BCUT2D eigenvalue weighted by Crippen LogP contribution is -2.70. The van der Waals surface area contributed by atoms with Crippen LogP contribution in [0.15, 0.2) is 34.7 Å². The predicted molar refractivity (Wildman–Crippen MR) is 124 cm³/mol. The fraction of sp³-hybridized carbons (Fsp3) is 0.714. The van der Waals surface area contributed by atoms with Gasteiger partial charge in [-0.3, -0.25) is 9.59 Å². The molecule has 0 radical (unpaired) electrons. The third-order valence-electron chi connectivity index (χ3n) is 10.6. The Balaban J connectivity index is 1.66. The van der Waals surface area contributed by atoms with E-state index in [1.54, 1.807) is 6.26 Å². The minimum atomic E-state index is -0.893. The van der Waals surface area contributed by atoms with Crippen molar-refractivity contribution in [2.45, 2.75) is 91.8 Å². The number of hydrogen-bond acceptors (Lipinski definition) is 5. The van der Waals surface area contributed by atoms with Gasteiger partial charge in [0.1, 0.15) is 11.9 Å². The molecule has 5 nitrogen and oxygen atoms in total. The zero-order valence-electron chi connectivity index (χ0n) is 20.8. The lowest BCUT2D eigenvalue weighted by atomic mass is 9.36. The van der Waals surface area contributed by atoms with E-state index in [1.807, 2.05) is 20.1 Å². The number of aliphatic hydroxyl groups excluding tert-OH is 1. The lowest BCUT2D eigenvalue weighted by molar-refractivity contribution is -0.245. The summed E-state index contributed by atoms with van der Waals surface area (Å²) in [7, 11) is 0. The van der Waals surface area contributed by atoms with E-state index >= 15 is 0 Å². The maximum atomic E-state index is 13.0. The molecule has 1 aromatic heterocycles. The normalized spacial score (nSPS) is 46.1. The van der Waals surface area contributed by atoms with Gasteiger partial charge in [0.2, 0.25) is 0 Å². The molecule has 8 atom stereocenters. The lowest BCUT2D eigenvalue weighted by Gasteiger charge is -2.68. The van der Waals surface area contributed by atoms with Crippen LogP contribution in [0.2, 0.25) is 0 Å². The highest BCUT2D eigenvalue weighted by Gasteiger charge is 2.72. The molecule has 0 spiro atoms. The van der Waals surface area contributed by atoms with Crippen LogP contribution in [-0.4, -0.2) is 29.1 Å². The van der Waals surface area contributed by atoms with Crippen LogP contribution in [0.3, 0.4) is 0 Å². The number of allylic oxidation sites excluding steroid dienone is 1. The summed E-state index contributed by atoms with van der Waals surface area (Å²) in [6.45, 7) is 12.2. The van der Waals surface area contributed by atoms with Crippen LogP contribution >= 0.6 is 0 Å². The van der Waals surface area contributed by atoms with Crippen LogP contribution in [0.4, 0.5) is 0 Å². The van der Waals surface area contributed by atoms with E-state index in [4.69, 9.17) is 9.15 Å². The molecule has 0 amide bonds. The van der Waals surface area contributed by atoms with Gasteiger partial charge in [-0.1, -0.05) is 46.3 Å². The molecule has 33 heavy (non-hydrogen) atoms. The van der Waals surface area contributed by atoms with Crippen molar-refractivity contribution in [3.05, 3.63) is 35.8 Å². The van der Waals surface area contributed by atoms with Gasteiger partial charge in [-0.2, -0.15) is 0 Å². The number of ketones is 1. The first-order valence-electron chi connectivity index (χ1n) is 12.5. The molecule has 0 saturated heterocycles. The zero-order valence-corrected chi connectivity index (χ0v) is 20.8. The topological polar surface area (TPSA) is 76.7 Å². The summed E-state index contributed by atoms with van der Waals surface area (Å²) in [5, 5.41) is 11.9. The highest BCUT2D eigenvalue weighted by Crippen LogP contribution is 2.73. The van der Waals surface area contributed by atoms with Crippen LogP contribution in [0.25, 0.3) is 0 Å². The molecule has 4 aliphatic carbocycles. The monoisotopic (exact) mass is 454 g/mol. The number of furan rings is 1. The Morgan fingerprint density at radius 2 is 1.91 bits per heavy atom. The first-order valence-corrected chi connectivity index (χ1v) is 12.5. The molecule has 0 aliphatic heterocycles. The molecule has 4 aliphatic rings. The quantitative estimate of drug-likeness (QED) is 0.476. The second-order valence-electron chi connectivity index (χ2n) is 12.4. The molecule has 3 saturated carbocycles. The van der Waals surface area contributed by atoms with Gasteiger partial charge in [0, 0.05) is 30.1 Å². The average molecular weight is 455 g/mol. The van der Waals surface area contributed by atoms with Crippen molar-refractivity contribution in [2.75, 3.05) is 0 Å². The molecule has 0 unspecified atom stereocenters. The Morgan fingerprint density at radius 1 is 1.18 bits per heavy atom. The van der Waals surface area contributed by atoms with Gasteiger partial charge in [0.15, 0.2) is 0 Å². The van der Waals surface area contributed by atoms with Gasteiger partial charge in [0.25, 0.3) is 0 Å². The SMILES string of the molecule is CC(=O)O[C@@H]1[C@H](O)[C@H]2C(C)(C)C(=O)CC[C@]2(C)[C@H]2CC[C@]3(C)C(=CC[C@H]3c3ccoc3)[C@]12C. The van der Waals surface area contributed by atoms with Crippen molar-refractivity contribution in [1.29, 1.82) is 0 Å². The number of fused-ring (bicyclic) bond motifs is 5. The molecule has 0 aromatic carbocycles. The third-order valence-corrected chi connectivity index (χ3v) is 10.6. The first-order chi connectivity index (χ1) is 15.4. The van der Waals surface area contributed by atoms with Crippen molar-refractivity contribution in [2.24, 2.45) is 33.5 Å². The van der Waals surface area contributed by atoms with Crippen LogP contribution in [0.1, 0.15) is 85.1 Å². The second kappa shape index (κ2) is 7.07. The number of aliphatic hydroxyl groups is 1. The van der Waals surface area contributed by atoms with E-state index in [2.05, 4.69) is 32.9 Å². The Labute approximate surface area is 197 Å². The molecule has 5 rings (SSSR count). The van der Waals surface area contributed by atoms with E-state index < -0.39 is 23.0 Å². The molecular weight excluding hydrogens is 416 g/mol. The van der Waals surface area contributed by atoms with Gasteiger partial charge in [-0.05, 0) is 60.0 Å². The highest BCUT2D eigenvalue weighted by atomic mass is 16.6. The van der Waals surface area contributed by atoms with E-state index in [0.717, 1.165) is 25.7 Å². The summed E-state index contributed by atoms with van der Waals surface area (Å²) in [4.78, 5) is 25.3. The Hall–Kier alpha value is -1.88. The zero-order chi connectivity index (χ0) is 24.0. The highest BCUT2D eigenvalue weighted by molar-refractivity contribution is 5.85. The summed E-state index contributed by atoms with van der Waals surface area (Å²) in [6, 6.07) is 2.06. The Kier molecular flexibility index (Phi) is 4.90. The number of carbonyl (C=O) groups excluding carboxylic acids is 2. The van der Waals surface area contributed by atoms with Crippen molar-refractivity contribution < 1.29 is 23.8 Å². The number of hydrogen-bond donors (Lipinski definition) is 1. The van der Waals surface area contributed by atoms with Gasteiger partial charge in [-0.15, -0.1) is 0 Å². The number of Topliss-reactive ketones (excluding diaryl/α,β-unsaturated/α-hetero) is 1. The molecule has 1 aromatic rings. The Morgan fingerprint density at radius 3 is 2.55 bits per heavy atom. The fourth-order valence-electron chi connectivity index (χ4n) is 9.30. The van der Waals surface area contributed by atoms with E-state index in [0.29, 0.717) is 12.3 Å². The van der Waals surface area contributed by atoms with Crippen LogP contribution in [-0.2, 0) is 14.3 Å². The third kappa shape index (κ3) is 2.81. The Bertz CT molecular complexity index is 1010. The molecule has 5 heteroatoms. The van der Waals surface area contributed by atoms with Crippen molar-refractivity contribution >= 4 is 11.8 Å². The summed E-state index contributed by atoms with van der Waals surface area (Å²) >= 11 is 0. The van der Waals surface area contributed by atoms with Crippen LogP contribution < -0.4 is 0 Å². The van der Waals surface area contributed by atoms with E-state index in [-0.39, 0.29) is 34.4 Å². The number of esters is 1. The van der Waals surface area contributed by atoms with Crippen LogP contribution in [0, 0.1) is 33.5 Å². The standard InChI is InChI=1S/C28H38O5/c1-16(29)33-24-22(31)23-25(2,3)21(30)10-13-27(23,5)20-9-12-26(4)18(17-11-14-32-15-17)7-8-19(26)28(20,24)6/h8,11,14-15,18,20,22-24,31H,7,9-10,12-13H2,1-6H3/t18-,20+,22+,23-,24+,26-,27+,28-/m0/s1. The maximum absolute atomic E-state index is 13.0. The second-order valence-corrected chi connectivity index (χ2v) is 12.4. The molecular formula is C28H38O5. The molecule has 0 bridgehead atoms. The van der Waals surface area contributed by atoms with Gasteiger partial charge in [0.05, 0.1) is 18.6 Å². The molecule has 1 heterocycles. The van der Waals surface area contributed by atoms with Gasteiger partial charge in [-0.25, -0.2) is 0 Å². The first kappa shape index (κ1) is 22.9. The summed E-state index contributed by atoms with van der Waals surface area (Å²) in [6.07, 6.45) is 8.65.